The van der Waals surface area contributed by atoms with Crippen molar-refractivity contribution in [2.24, 2.45) is 0 Å². The molecule has 0 radical (unpaired) electrons. The first-order chi connectivity index (χ1) is 11.0. The van der Waals surface area contributed by atoms with Crippen LogP contribution in [0, 0.1) is 0 Å². The van der Waals surface area contributed by atoms with Gasteiger partial charge in [-0.15, -0.1) is 6.58 Å². The molecule has 0 aliphatic rings. The van der Waals surface area contributed by atoms with E-state index in [-0.39, 0.29) is 17.7 Å². The number of carboxylic acids is 1. The second-order valence-corrected chi connectivity index (χ2v) is 5.85. The SMILES string of the molecule is C=C(C)C.CC(O)COC(=O)c1ccccc1C(=O)O.CN(C)C. The minimum absolute atomic E-state index is 0.0179. The third-order valence-corrected chi connectivity index (χ3v) is 1.83. The summed E-state index contributed by atoms with van der Waals surface area (Å²) in [6, 6.07) is 5.76. The number of nitrogens with zero attached hydrogens (tertiary/aromatic N) is 1. The Kier molecular flexibility index (Phi) is 13.3. The molecule has 0 aliphatic heterocycles. The predicted octanol–water partition coefficient (Wildman–Crippen LogP) is 2.68. The Bertz CT molecular complexity index is 517. The van der Waals surface area contributed by atoms with Gasteiger partial charge in [0.05, 0.1) is 17.2 Å². The van der Waals surface area contributed by atoms with Crippen molar-refractivity contribution in [1.82, 2.24) is 4.90 Å². The Hall–Kier alpha value is -2.18. The fraction of sp³-hybridized carbons (Fsp3) is 0.444. The van der Waals surface area contributed by atoms with Gasteiger partial charge in [0.2, 0.25) is 0 Å². The van der Waals surface area contributed by atoms with Gasteiger partial charge in [0.1, 0.15) is 6.61 Å². The van der Waals surface area contributed by atoms with Crippen molar-refractivity contribution >= 4 is 11.9 Å². The number of aliphatic hydroxyl groups is 1. The van der Waals surface area contributed by atoms with Crippen LogP contribution in [-0.2, 0) is 4.74 Å². The number of hydrogen-bond donors (Lipinski definition) is 2. The molecule has 0 aliphatic carbocycles. The second-order valence-electron chi connectivity index (χ2n) is 5.85. The molecule has 2 N–H and O–H groups in total. The maximum Gasteiger partial charge on any atom is 0.339 e. The first-order valence-electron chi connectivity index (χ1n) is 7.39. The van der Waals surface area contributed by atoms with Gasteiger partial charge in [0.25, 0.3) is 0 Å². The van der Waals surface area contributed by atoms with Gasteiger partial charge in [-0.3, -0.25) is 0 Å². The average molecular weight is 339 g/mol. The van der Waals surface area contributed by atoms with Gasteiger partial charge in [0, 0.05) is 0 Å². The molecule has 6 nitrogen and oxygen atoms in total. The largest absolute Gasteiger partial charge is 0.478 e. The van der Waals surface area contributed by atoms with Gasteiger partial charge < -0.3 is 19.8 Å². The van der Waals surface area contributed by atoms with Crippen LogP contribution in [0.2, 0.25) is 0 Å². The Morgan fingerprint density at radius 2 is 1.54 bits per heavy atom. The van der Waals surface area contributed by atoms with E-state index in [1.165, 1.54) is 30.7 Å². The van der Waals surface area contributed by atoms with Crippen LogP contribution < -0.4 is 0 Å². The fourth-order valence-corrected chi connectivity index (χ4v) is 1.12. The standard InChI is InChI=1S/C11H12O5.C4H8.C3H9N/c1-7(12)6-16-11(15)9-5-3-2-4-8(9)10(13)14;2*1-4(2)3/h2-5,7,12H,6H2,1H3,(H,13,14);1H2,2-3H3;1-3H3. The molecular weight excluding hydrogens is 310 g/mol. The molecule has 0 amide bonds. The topological polar surface area (TPSA) is 87.1 Å². The molecule has 136 valence electrons. The third kappa shape index (κ3) is 14.7. The number of carbonyl (C=O) groups excluding carboxylic acids is 1. The average Bonchev–Trinajstić information content (AvgIpc) is 2.43. The minimum atomic E-state index is -1.19. The third-order valence-electron chi connectivity index (χ3n) is 1.83. The molecule has 1 atom stereocenters. The number of esters is 1. The monoisotopic (exact) mass is 339 g/mol. The van der Waals surface area contributed by atoms with Gasteiger partial charge in [0.15, 0.2) is 0 Å². The molecule has 0 bridgehead atoms. The van der Waals surface area contributed by atoms with Crippen molar-refractivity contribution in [3.63, 3.8) is 0 Å². The summed E-state index contributed by atoms with van der Waals surface area (Å²) >= 11 is 0. The number of ether oxygens (including phenoxy) is 1. The zero-order valence-corrected chi connectivity index (χ0v) is 15.4. The Balaban J connectivity index is 0. The van der Waals surface area contributed by atoms with E-state index in [1.807, 2.05) is 39.9 Å². The maximum atomic E-state index is 11.5. The van der Waals surface area contributed by atoms with Gasteiger partial charge in [-0.05, 0) is 54.0 Å². The van der Waals surface area contributed by atoms with E-state index < -0.39 is 18.0 Å². The number of carbonyl (C=O) groups is 2. The van der Waals surface area contributed by atoms with Crippen LogP contribution in [-0.4, -0.2) is 60.9 Å². The lowest BCUT2D eigenvalue weighted by Gasteiger charge is -2.08. The van der Waals surface area contributed by atoms with Crippen LogP contribution in [0.3, 0.4) is 0 Å². The van der Waals surface area contributed by atoms with Crippen LogP contribution in [0.1, 0.15) is 41.5 Å². The minimum Gasteiger partial charge on any atom is -0.478 e. The summed E-state index contributed by atoms with van der Waals surface area (Å²) in [7, 11) is 6.00. The van der Waals surface area contributed by atoms with Crippen molar-refractivity contribution in [2.45, 2.75) is 26.9 Å². The Morgan fingerprint density at radius 1 is 1.17 bits per heavy atom. The van der Waals surface area contributed by atoms with E-state index in [9.17, 15) is 9.59 Å². The molecule has 1 aromatic rings. The van der Waals surface area contributed by atoms with Crippen molar-refractivity contribution in [3.05, 3.63) is 47.5 Å². The molecular formula is C18H29NO5. The zero-order chi connectivity index (χ0) is 19.3. The van der Waals surface area contributed by atoms with E-state index in [1.54, 1.807) is 6.07 Å². The molecule has 0 saturated carbocycles. The molecule has 1 rings (SSSR count). The molecule has 0 fully saturated rings. The number of aliphatic hydroxyl groups excluding tert-OH is 1. The lowest BCUT2D eigenvalue weighted by Crippen LogP contribution is -2.17. The summed E-state index contributed by atoms with van der Waals surface area (Å²) in [5, 5.41) is 17.8. The van der Waals surface area contributed by atoms with E-state index >= 15 is 0 Å². The first-order valence-corrected chi connectivity index (χ1v) is 7.39. The van der Waals surface area contributed by atoms with E-state index in [0.717, 1.165) is 0 Å². The first kappa shape index (κ1) is 24.1. The Morgan fingerprint density at radius 3 is 1.88 bits per heavy atom. The molecule has 1 unspecified atom stereocenters. The van der Waals surface area contributed by atoms with E-state index in [4.69, 9.17) is 14.9 Å². The molecule has 0 heterocycles. The lowest BCUT2D eigenvalue weighted by atomic mass is 10.1. The Labute approximate surface area is 144 Å². The number of rotatable bonds is 4. The quantitative estimate of drug-likeness (QED) is 0.648. The van der Waals surface area contributed by atoms with Crippen LogP contribution in [0.5, 0.6) is 0 Å². The predicted molar refractivity (Wildman–Crippen MR) is 95.5 cm³/mol. The number of hydrogen-bond acceptors (Lipinski definition) is 5. The normalized spacial score (nSPS) is 10.5. The van der Waals surface area contributed by atoms with Crippen molar-refractivity contribution < 1.29 is 24.5 Å². The van der Waals surface area contributed by atoms with E-state index in [2.05, 4.69) is 6.58 Å². The highest BCUT2D eigenvalue weighted by molar-refractivity contribution is 6.02. The number of benzene rings is 1. The van der Waals surface area contributed by atoms with Gasteiger partial charge in [-0.1, -0.05) is 17.7 Å². The molecule has 6 heteroatoms. The smallest absolute Gasteiger partial charge is 0.339 e. The molecule has 24 heavy (non-hydrogen) atoms. The number of allylic oxidation sites excluding steroid dienone is 1. The highest BCUT2D eigenvalue weighted by atomic mass is 16.5. The second kappa shape index (κ2) is 13.3. The van der Waals surface area contributed by atoms with Gasteiger partial charge in [-0.2, -0.15) is 0 Å². The molecule has 0 spiro atoms. The summed E-state index contributed by atoms with van der Waals surface area (Å²) < 4.78 is 4.73. The van der Waals surface area contributed by atoms with Crippen molar-refractivity contribution in [3.8, 4) is 0 Å². The van der Waals surface area contributed by atoms with Crippen LogP contribution >= 0.6 is 0 Å². The van der Waals surface area contributed by atoms with Crippen LogP contribution in [0.15, 0.2) is 36.4 Å². The molecule has 1 aromatic carbocycles. The van der Waals surface area contributed by atoms with Crippen molar-refractivity contribution in [1.29, 1.82) is 0 Å². The van der Waals surface area contributed by atoms with Crippen LogP contribution in [0.25, 0.3) is 0 Å². The summed E-state index contributed by atoms with van der Waals surface area (Å²) in [6.45, 7) is 8.81. The maximum absolute atomic E-state index is 11.5. The van der Waals surface area contributed by atoms with Gasteiger partial charge >= 0.3 is 11.9 Å². The molecule has 0 aromatic heterocycles. The summed E-state index contributed by atoms with van der Waals surface area (Å²) in [4.78, 5) is 24.3. The van der Waals surface area contributed by atoms with E-state index in [0.29, 0.717) is 0 Å². The zero-order valence-electron chi connectivity index (χ0n) is 15.4. The number of aromatic carboxylic acids is 1. The molecule has 0 saturated heterocycles. The fourth-order valence-electron chi connectivity index (χ4n) is 1.12. The highest BCUT2D eigenvalue weighted by Gasteiger charge is 2.17. The van der Waals surface area contributed by atoms with Gasteiger partial charge in [-0.25, -0.2) is 9.59 Å². The van der Waals surface area contributed by atoms with Crippen LogP contribution in [0.4, 0.5) is 0 Å². The number of carboxylic acid groups (broad SMARTS) is 1. The van der Waals surface area contributed by atoms with Crippen molar-refractivity contribution in [2.75, 3.05) is 27.7 Å². The summed E-state index contributed by atoms with van der Waals surface area (Å²) in [6.07, 6.45) is -0.777. The summed E-state index contributed by atoms with van der Waals surface area (Å²) in [5.41, 5.74) is 1.04. The lowest BCUT2D eigenvalue weighted by molar-refractivity contribution is 0.0292. The summed E-state index contributed by atoms with van der Waals surface area (Å²) in [5.74, 6) is -1.94. The highest BCUT2D eigenvalue weighted by Crippen LogP contribution is 2.10.